The standard InChI is InChI=1S/C28H37N3O4/c1-5-7-23(32)17-34-24-9-6-8-22(16-24)28-29-25(11-10-21-12-14-33-15-13-21)18(2)27(30-28)26-19(3)31-35-20(26)4/h6,8-9,16,21,23,32H,5,7,10-15,17H2,1-4H3. The Morgan fingerprint density at radius 3 is 2.66 bits per heavy atom. The van der Waals surface area contributed by atoms with Crippen LogP contribution in [0.4, 0.5) is 0 Å². The first kappa shape index (κ1) is 25.3. The Bertz CT molecular complexity index is 1100. The molecule has 0 saturated carbocycles. The van der Waals surface area contributed by atoms with Crippen LogP contribution in [0.5, 0.6) is 5.75 Å². The summed E-state index contributed by atoms with van der Waals surface area (Å²) in [5.41, 5.74) is 5.65. The van der Waals surface area contributed by atoms with Gasteiger partial charge in [0.1, 0.15) is 18.1 Å². The minimum atomic E-state index is -0.470. The first-order valence-electron chi connectivity index (χ1n) is 12.8. The fraction of sp³-hybridized carbons (Fsp3) is 0.536. The van der Waals surface area contributed by atoms with E-state index < -0.39 is 6.10 Å². The molecule has 1 aliphatic rings. The lowest BCUT2D eigenvalue weighted by molar-refractivity contribution is 0.0639. The van der Waals surface area contributed by atoms with Crippen molar-refractivity contribution in [1.29, 1.82) is 0 Å². The molecule has 188 valence electrons. The van der Waals surface area contributed by atoms with E-state index in [0.29, 0.717) is 17.5 Å². The average molecular weight is 480 g/mol. The van der Waals surface area contributed by atoms with Crippen molar-refractivity contribution in [3.8, 4) is 28.4 Å². The van der Waals surface area contributed by atoms with Crippen LogP contribution in [-0.2, 0) is 11.2 Å². The summed E-state index contributed by atoms with van der Waals surface area (Å²) in [7, 11) is 0. The number of aliphatic hydroxyl groups is 1. The molecule has 0 radical (unpaired) electrons. The molecule has 4 rings (SSSR count). The van der Waals surface area contributed by atoms with Gasteiger partial charge in [-0.3, -0.25) is 0 Å². The highest BCUT2D eigenvalue weighted by molar-refractivity contribution is 5.70. The predicted octanol–water partition coefficient (Wildman–Crippen LogP) is 5.62. The molecule has 1 aromatic carbocycles. The highest BCUT2D eigenvalue weighted by Crippen LogP contribution is 2.33. The van der Waals surface area contributed by atoms with Crippen molar-refractivity contribution in [2.45, 2.75) is 72.3 Å². The molecule has 3 heterocycles. The number of hydrogen-bond donors (Lipinski definition) is 1. The smallest absolute Gasteiger partial charge is 0.160 e. The summed E-state index contributed by atoms with van der Waals surface area (Å²) >= 11 is 0. The molecule has 7 heteroatoms. The third-order valence-electron chi connectivity index (χ3n) is 6.80. The predicted molar refractivity (Wildman–Crippen MR) is 135 cm³/mol. The molecule has 1 saturated heterocycles. The van der Waals surface area contributed by atoms with Crippen LogP contribution in [0, 0.1) is 26.7 Å². The fourth-order valence-electron chi connectivity index (χ4n) is 4.71. The maximum absolute atomic E-state index is 10.1. The Kier molecular flexibility index (Phi) is 8.52. The number of ether oxygens (including phenoxy) is 2. The molecule has 1 fully saturated rings. The maximum Gasteiger partial charge on any atom is 0.160 e. The lowest BCUT2D eigenvalue weighted by Crippen LogP contribution is -2.17. The van der Waals surface area contributed by atoms with Gasteiger partial charge in [-0.15, -0.1) is 0 Å². The SMILES string of the molecule is CCCC(O)COc1cccc(-c2nc(CCC3CCOCC3)c(C)c(-c3c(C)noc3C)n2)c1. The fourth-order valence-corrected chi connectivity index (χ4v) is 4.71. The van der Waals surface area contributed by atoms with Gasteiger partial charge in [-0.05, 0) is 76.5 Å². The monoisotopic (exact) mass is 479 g/mol. The minimum absolute atomic E-state index is 0.271. The molecular weight excluding hydrogens is 442 g/mol. The molecule has 7 nitrogen and oxygen atoms in total. The van der Waals surface area contributed by atoms with E-state index in [1.54, 1.807) is 0 Å². The topological polar surface area (TPSA) is 90.5 Å². The Labute approximate surface area is 207 Å². The highest BCUT2D eigenvalue weighted by Gasteiger charge is 2.21. The van der Waals surface area contributed by atoms with Crippen LogP contribution < -0.4 is 4.74 Å². The van der Waals surface area contributed by atoms with E-state index >= 15 is 0 Å². The Balaban J connectivity index is 1.67. The number of benzene rings is 1. The molecule has 35 heavy (non-hydrogen) atoms. The molecule has 1 aliphatic heterocycles. The summed E-state index contributed by atoms with van der Waals surface area (Å²) in [5.74, 6) is 2.78. The van der Waals surface area contributed by atoms with Gasteiger partial charge in [-0.1, -0.05) is 30.6 Å². The Morgan fingerprint density at radius 2 is 1.94 bits per heavy atom. The van der Waals surface area contributed by atoms with Crippen molar-refractivity contribution in [2.75, 3.05) is 19.8 Å². The van der Waals surface area contributed by atoms with Gasteiger partial charge in [0.2, 0.25) is 0 Å². The maximum atomic E-state index is 10.1. The second-order valence-electron chi connectivity index (χ2n) is 9.54. The van der Waals surface area contributed by atoms with Gasteiger partial charge in [-0.2, -0.15) is 0 Å². The summed E-state index contributed by atoms with van der Waals surface area (Å²) in [4.78, 5) is 10.0. The van der Waals surface area contributed by atoms with Crippen LogP contribution in [0.1, 0.15) is 61.7 Å². The van der Waals surface area contributed by atoms with Crippen molar-refractivity contribution in [3.63, 3.8) is 0 Å². The van der Waals surface area contributed by atoms with Crippen LogP contribution >= 0.6 is 0 Å². The van der Waals surface area contributed by atoms with Crippen molar-refractivity contribution >= 4 is 0 Å². The first-order chi connectivity index (χ1) is 17.0. The average Bonchev–Trinajstić information content (AvgIpc) is 3.20. The van der Waals surface area contributed by atoms with E-state index in [-0.39, 0.29) is 6.61 Å². The van der Waals surface area contributed by atoms with Crippen molar-refractivity contribution in [1.82, 2.24) is 15.1 Å². The van der Waals surface area contributed by atoms with E-state index in [1.165, 1.54) is 0 Å². The quantitative estimate of drug-likeness (QED) is 0.403. The molecule has 0 bridgehead atoms. The summed E-state index contributed by atoms with van der Waals surface area (Å²) < 4.78 is 16.9. The number of aromatic nitrogens is 3. The normalized spacial score (nSPS) is 15.3. The first-order valence-corrected chi connectivity index (χ1v) is 12.8. The minimum Gasteiger partial charge on any atom is -0.491 e. The molecule has 2 aromatic heterocycles. The van der Waals surface area contributed by atoms with Crippen LogP contribution in [0.15, 0.2) is 28.8 Å². The van der Waals surface area contributed by atoms with Crippen molar-refractivity contribution < 1.29 is 19.1 Å². The molecule has 0 amide bonds. The summed E-state index contributed by atoms with van der Waals surface area (Å²) in [6.45, 7) is 9.99. The molecule has 0 spiro atoms. The third-order valence-corrected chi connectivity index (χ3v) is 6.80. The molecule has 1 atom stereocenters. The zero-order valence-corrected chi connectivity index (χ0v) is 21.3. The van der Waals surface area contributed by atoms with Crippen molar-refractivity contribution in [2.24, 2.45) is 5.92 Å². The number of aliphatic hydroxyl groups excluding tert-OH is 1. The number of rotatable bonds is 10. The number of hydrogen-bond acceptors (Lipinski definition) is 7. The summed E-state index contributed by atoms with van der Waals surface area (Å²) in [6.07, 6.45) is 5.36. The van der Waals surface area contributed by atoms with Crippen LogP contribution in [0.3, 0.4) is 0 Å². The van der Waals surface area contributed by atoms with Crippen LogP contribution in [-0.4, -0.2) is 46.2 Å². The van der Waals surface area contributed by atoms with E-state index in [4.69, 9.17) is 24.0 Å². The Morgan fingerprint density at radius 1 is 1.14 bits per heavy atom. The van der Waals surface area contributed by atoms with E-state index in [9.17, 15) is 5.11 Å². The van der Waals surface area contributed by atoms with E-state index in [1.807, 2.05) is 38.1 Å². The van der Waals surface area contributed by atoms with Gasteiger partial charge < -0.3 is 19.1 Å². The van der Waals surface area contributed by atoms with Gasteiger partial charge in [0.05, 0.1) is 23.1 Å². The zero-order valence-electron chi connectivity index (χ0n) is 21.3. The summed E-state index contributed by atoms with van der Waals surface area (Å²) in [5, 5.41) is 14.2. The second-order valence-corrected chi connectivity index (χ2v) is 9.54. The Hall–Kier alpha value is -2.77. The lowest BCUT2D eigenvalue weighted by atomic mass is 9.92. The molecule has 1 N–H and O–H groups in total. The largest absolute Gasteiger partial charge is 0.491 e. The van der Waals surface area contributed by atoms with E-state index in [0.717, 1.165) is 91.3 Å². The molecule has 3 aromatic rings. The second kappa shape index (κ2) is 11.8. The van der Waals surface area contributed by atoms with Crippen molar-refractivity contribution in [3.05, 3.63) is 47.0 Å². The van der Waals surface area contributed by atoms with Crippen LogP contribution in [0.2, 0.25) is 0 Å². The molecule has 0 aliphatic carbocycles. The number of nitrogens with zero attached hydrogens (tertiary/aromatic N) is 3. The van der Waals surface area contributed by atoms with Gasteiger partial charge in [-0.25, -0.2) is 9.97 Å². The molecular formula is C28H37N3O4. The molecule has 1 unspecified atom stereocenters. The van der Waals surface area contributed by atoms with E-state index in [2.05, 4.69) is 19.0 Å². The van der Waals surface area contributed by atoms with Gasteiger partial charge in [0, 0.05) is 24.5 Å². The third kappa shape index (κ3) is 6.27. The van der Waals surface area contributed by atoms with Gasteiger partial charge >= 0.3 is 0 Å². The summed E-state index contributed by atoms with van der Waals surface area (Å²) in [6, 6.07) is 7.79. The van der Waals surface area contributed by atoms with Gasteiger partial charge in [0.15, 0.2) is 5.82 Å². The zero-order chi connectivity index (χ0) is 24.8. The number of aryl methyl sites for hydroxylation is 3. The van der Waals surface area contributed by atoms with Crippen LogP contribution in [0.25, 0.3) is 22.6 Å². The van der Waals surface area contributed by atoms with Gasteiger partial charge in [0.25, 0.3) is 0 Å². The lowest BCUT2D eigenvalue weighted by Gasteiger charge is -2.22. The highest BCUT2D eigenvalue weighted by atomic mass is 16.5.